The monoisotopic (exact) mass is 345 g/mol. The summed E-state index contributed by atoms with van der Waals surface area (Å²) in [6.45, 7) is 8.97. The Bertz CT molecular complexity index is 661. The molecule has 0 aliphatic carbocycles. The van der Waals surface area contributed by atoms with Crippen LogP contribution in [-0.2, 0) is 9.59 Å². The summed E-state index contributed by atoms with van der Waals surface area (Å²) in [4.78, 5) is 26.3. The fourth-order valence-corrected chi connectivity index (χ4v) is 2.96. The third-order valence-electron chi connectivity index (χ3n) is 4.17. The number of carbonyl (C=O) groups is 2. The summed E-state index contributed by atoms with van der Waals surface area (Å²) in [5.74, 6) is 0.102. The highest BCUT2D eigenvalue weighted by molar-refractivity contribution is 6.08. The van der Waals surface area contributed by atoms with Gasteiger partial charge in [0.05, 0.1) is 18.2 Å². The first-order valence-corrected chi connectivity index (χ1v) is 8.90. The largest absolute Gasteiger partial charge is 0.503 e. The quantitative estimate of drug-likeness (QED) is 0.778. The highest BCUT2D eigenvalue weighted by Gasteiger charge is 2.42. The molecule has 1 heterocycles. The maximum Gasteiger partial charge on any atom is 0.290 e. The third-order valence-corrected chi connectivity index (χ3v) is 4.17. The van der Waals surface area contributed by atoms with E-state index in [9.17, 15) is 14.7 Å². The van der Waals surface area contributed by atoms with Crippen molar-refractivity contribution in [3.05, 3.63) is 41.2 Å². The van der Waals surface area contributed by atoms with Gasteiger partial charge in [0.15, 0.2) is 11.5 Å². The Labute approximate surface area is 149 Å². The summed E-state index contributed by atoms with van der Waals surface area (Å²) in [6.07, 6.45) is 0.997. The van der Waals surface area contributed by atoms with Crippen LogP contribution in [0.4, 0.5) is 0 Å². The predicted octanol–water partition coefficient (Wildman–Crippen LogP) is 3.81. The summed E-state index contributed by atoms with van der Waals surface area (Å²) in [5.41, 5.74) is 1.01. The summed E-state index contributed by atoms with van der Waals surface area (Å²) in [5, 5.41) is 10.2. The van der Waals surface area contributed by atoms with E-state index in [0.29, 0.717) is 19.1 Å². The molecule has 1 unspecified atom stereocenters. The fraction of sp³-hybridized carbons (Fsp3) is 0.500. The lowest BCUT2D eigenvalue weighted by Crippen LogP contribution is -2.31. The van der Waals surface area contributed by atoms with Crippen LogP contribution in [0.2, 0.25) is 0 Å². The molecule has 0 aromatic heterocycles. The molecular weight excluding hydrogens is 318 g/mol. The average molecular weight is 345 g/mol. The molecule has 25 heavy (non-hydrogen) atoms. The molecule has 1 atom stereocenters. The lowest BCUT2D eigenvalue weighted by atomic mass is 9.95. The van der Waals surface area contributed by atoms with Crippen molar-refractivity contribution in [3.8, 4) is 5.75 Å². The number of hydrogen-bond acceptors (Lipinski definition) is 4. The smallest absolute Gasteiger partial charge is 0.290 e. The minimum absolute atomic E-state index is 0.199. The highest BCUT2D eigenvalue weighted by atomic mass is 16.5. The van der Waals surface area contributed by atoms with E-state index in [1.54, 1.807) is 11.8 Å². The molecule has 1 N–H and O–H groups in total. The average Bonchev–Trinajstić information content (AvgIpc) is 2.85. The van der Waals surface area contributed by atoms with E-state index in [0.717, 1.165) is 17.7 Å². The van der Waals surface area contributed by atoms with Gasteiger partial charge < -0.3 is 14.7 Å². The van der Waals surface area contributed by atoms with Crippen LogP contribution >= 0.6 is 0 Å². The van der Waals surface area contributed by atoms with Crippen LogP contribution in [0.15, 0.2) is 35.6 Å². The van der Waals surface area contributed by atoms with Gasteiger partial charge in [0.25, 0.3) is 5.91 Å². The number of aliphatic hydroxyl groups excluding tert-OH is 1. The van der Waals surface area contributed by atoms with Crippen molar-refractivity contribution in [1.82, 2.24) is 4.90 Å². The summed E-state index contributed by atoms with van der Waals surface area (Å²) in [7, 11) is 0. The Morgan fingerprint density at radius 2 is 1.88 bits per heavy atom. The lowest BCUT2D eigenvalue weighted by molar-refractivity contribution is -0.129. The molecule has 0 saturated carbocycles. The SMILES string of the molecule is CCCN1C(=O)C(O)=C(C(=O)CC)C1c1ccc(OCC(C)C)cc1. The minimum Gasteiger partial charge on any atom is -0.503 e. The zero-order chi connectivity index (χ0) is 18.6. The van der Waals surface area contributed by atoms with Crippen LogP contribution in [0.25, 0.3) is 0 Å². The van der Waals surface area contributed by atoms with E-state index in [1.165, 1.54) is 0 Å². The van der Waals surface area contributed by atoms with Crippen molar-refractivity contribution in [2.24, 2.45) is 5.92 Å². The van der Waals surface area contributed by atoms with Crippen molar-refractivity contribution >= 4 is 11.7 Å². The fourth-order valence-electron chi connectivity index (χ4n) is 2.96. The Hall–Kier alpha value is -2.30. The van der Waals surface area contributed by atoms with Crippen LogP contribution < -0.4 is 4.74 Å². The van der Waals surface area contributed by atoms with Gasteiger partial charge in [-0.3, -0.25) is 9.59 Å². The van der Waals surface area contributed by atoms with Crippen LogP contribution in [-0.4, -0.2) is 34.8 Å². The second-order valence-corrected chi connectivity index (χ2v) is 6.71. The molecular formula is C20H27NO4. The Balaban J connectivity index is 2.34. The number of carbonyl (C=O) groups excluding carboxylic acids is 2. The summed E-state index contributed by atoms with van der Waals surface area (Å²) >= 11 is 0. The first kappa shape index (κ1) is 19.0. The van der Waals surface area contributed by atoms with E-state index in [1.807, 2.05) is 31.2 Å². The van der Waals surface area contributed by atoms with Gasteiger partial charge in [-0.1, -0.05) is 39.8 Å². The standard InChI is InChI=1S/C20H27NO4/c1-5-11-21-18(17(16(22)6-2)19(23)20(21)24)14-7-9-15(10-8-14)25-12-13(3)4/h7-10,13,18,23H,5-6,11-12H2,1-4H3. The topological polar surface area (TPSA) is 66.8 Å². The molecule has 1 aliphatic heterocycles. The number of hydrogen-bond donors (Lipinski definition) is 1. The van der Waals surface area contributed by atoms with Crippen molar-refractivity contribution in [2.45, 2.75) is 46.6 Å². The number of ether oxygens (including phenoxy) is 1. The number of nitrogens with zero attached hydrogens (tertiary/aromatic N) is 1. The zero-order valence-corrected chi connectivity index (χ0v) is 15.4. The van der Waals surface area contributed by atoms with E-state index >= 15 is 0 Å². The van der Waals surface area contributed by atoms with E-state index in [2.05, 4.69) is 13.8 Å². The maximum atomic E-state index is 12.4. The first-order valence-electron chi connectivity index (χ1n) is 8.90. The molecule has 5 nitrogen and oxygen atoms in total. The molecule has 2 rings (SSSR count). The summed E-state index contributed by atoms with van der Waals surface area (Å²) in [6, 6.07) is 6.88. The minimum atomic E-state index is -0.529. The van der Waals surface area contributed by atoms with Crippen LogP contribution in [0.3, 0.4) is 0 Å². The van der Waals surface area contributed by atoms with Crippen molar-refractivity contribution in [1.29, 1.82) is 0 Å². The van der Waals surface area contributed by atoms with Gasteiger partial charge in [0.1, 0.15) is 5.75 Å². The molecule has 0 bridgehead atoms. The van der Waals surface area contributed by atoms with E-state index < -0.39 is 17.7 Å². The Morgan fingerprint density at radius 1 is 1.24 bits per heavy atom. The molecule has 136 valence electrons. The van der Waals surface area contributed by atoms with Gasteiger partial charge >= 0.3 is 0 Å². The molecule has 1 aromatic carbocycles. The van der Waals surface area contributed by atoms with Crippen molar-refractivity contribution in [2.75, 3.05) is 13.2 Å². The Kier molecular flexibility index (Phi) is 6.23. The van der Waals surface area contributed by atoms with Gasteiger partial charge in [-0.25, -0.2) is 0 Å². The van der Waals surface area contributed by atoms with Crippen LogP contribution in [0.5, 0.6) is 5.75 Å². The van der Waals surface area contributed by atoms with E-state index in [-0.39, 0.29) is 17.8 Å². The molecule has 0 fully saturated rings. The molecule has 1 amide bonds. The van der Waals surface area contributed by atoms with Gasteiger partial charge in [-0.2, -0.15) is 0 Å². The van der Waals surface area contributed by atoms with Crippen LogP contribution in [0, 0.1) is 5.92 Å². The van der Waals surface area contributed by atoms with E-state index in [4.69, 9.17) is 4.74 Å². The molecule has 1 aliphatic rings. The second-order valence-electron chi connectivity index (χ2n) is 6.71. The van der Waals surface area contributed by atoms with Gasteiger partial charge in [-0.05, 0) is 30.0 Å². The van der Waals surface area contributed by atoms with Crippen LogP contribution in [0.1, 0.15) is 52.1 Å². The Morgan fingerprint density at radius 3 is 2.40 bits per heavy atom. The zero-order valence-electron chi connectivity index (χ0n) is 15.4. The molecule has 0 spiro atoms. The number of benzene rings is 1. The van der Waals surface area contributed by atoms with Gasteiger partial charge in [0, 0.05) is 13.0 Å². The number of rotatable bonds is 8. The summed E-state index contributed by atoms with van der Waals surface area (Å²) < 4.78 is 5.69. The lowest BCUT2D eigenvalue weighted by Gasteiger charge is -2.26. The number of Topliss-reactive ketones (excluding diaryl/α,β-unsaturated/α-hetero) is 1. The first-order chi connectivity index (χ1) is 11.9. The van der Waals surface area contributed by atoms with Gasteiger partial charge in [-0.15, -0.1) is 0 Å². The molecule has 5 heteroatoms. The normalized spacial score (nSPS) is 17.6. The number of ketones is 1. The van der Waals surface area contributed by atoms with Crippen molar-refractivity contribution in [3.63, 3.8) is 0 Å². The third kappa shape index (κ3) is 4.03. The maximum absolute atomic E-state index is 12.4. The molecule has 0 saturated heterocycles. The predicted molar refractivity (Wildman–Crippen MR) is 96.5 cm³/mol. The number of amides is 1. The van der Waals surface area contributed by atoms with Gasteiger partial charge in [0.2, 0.25) is 0 Å². The molecule has 1 aromatic rings. The highest BCUT2D eigenvalue weighted by Crippen LogP contribution is 2.38. The molecule has 0 radical (unpaired) electrons. The van der Waals surface area contributed by atoms with Crippen molar-refractivity contribution < 1.29 is 19.4 Å². The number of aliphatic hydroxyl groups is 1. The second kappa shape index (κ2) is 8.19.